The number of amides is 1. The second kappa shape index (κ2) is 7.98. The number of benzene rings is 1. The van der Waals surface area contributed by atoms with E-state index >= 15 is 0 Å². The second-order valence-electron chi connectivity index (χ2n) is 4.82. The van der Waals surface area contributed by atoms with Crippen LogP contribution in [0.25, 0.3) is 6.08 Å². The minimum atomic E-state index is -3.63. The lowest BCUT2D eigenvalue weighted by atomic mass is 10.1. The van der Waals surface area contributed by atoms with Crippen molar-refractivity contribution in [1.82, 2.24) is 15.4 Å². The number of fused-ring (bicyclic) bond motifs is 1. The Morgan fingerprint density at radius 2 is 2.09 bits per heavy atom. The average Bonchev–Trinajstić information content (AvgIpc) is 2.47. The largest absolute Gasteiger partial charge is 0.356 e. The Labute approximate surface area is 141 Å². The van der Waals surface area contributed by atoms with Gasteiger partial charge >= 0.3 is 0 Å². The van der Waals surface area contributed by atoms with Crippen LogP contribution in [0.1, 0.15) is 35.7 Å². The third-order valence-electron chi connectivity index (χ3n) is 3.12. The van der Waals surface area contributed by atoms with Gasteiger partial charge in [-0.3, -0.25) is 20.2 Å². The third-order valence-corrected chi connectivity index (χ3v) is 4.50. The minimum Gasteiger partial charge on any atom is -0.356 e. The van der Waals surface area contributed by atoms with Crippen molar-refractivity contribution in [1.29, 1.82) is 5.41 Å². The maximum Gasteiger partial charge on any atom is 0.262 e. The highest BCUT2D eigenvalue weighted by Gasteiger charge is 2.21. The summed E-state index contributed by atoms with van der Waals surface area (Å²) in [6.45, 7) is 2.63. The van der Waals surface area contributed by atoms with E-state index in [0.29, 0.717) is 12.1 Å². The molecule has 0 saturated carbocycles. The molecule has 0 saturated heterocycles. The number of rotatable bonds is 4. The first-order valence-corrected chi connectivity index (χ1v) is 8.39. The fourth-order valence-corrected chi connectivity index (χ4v) is 3.05. The molecule has 4 N–H and O–H groups in total. The third kappa shape index (κ3) is 4.70. The standard InChI is InChI=1S/C14H18N4O3S.ClH/c1-2-3-7-16-14(15)18-13(19)11-5-4-10-6-8-17-22(20,21)12(10)9-11;/h4-6,8-9,17H,2-3,7H2,1H3,(H3,15,16,18,19);1H. The molecule has 0 fully saturated rings. The van der Waals surface area contributed by atoms with Gasteiger partial charge in [0.15, 0.2) is 5.96 Å². The van der Waals surface area contributed by atoms with Crippen molar-refractivity contribution in [2.75, 3.05) is 6.54 Å². The fraction of sp³-hybridized carbons (Fsp3) is 0.286. The van der Waals surface area contributed by atoms with Crippen LogP contribution in [0.2, 0.25) is 0 Å². The zero-order chi connectivity index (χ0) is 16.2. The highest BCUT2D eigenvalue weighted by molar-refractivity contribution is 7.89. The Hall–Kier alpha value is -2.06. The van der Waals surface area contributed by atoms with Gasteiger partial charge in [0.25, 0.3) is 15.9 Å². The van der Waals surface area contributed by atoms with Gasteiger partial charge in [-0.15, -0.1) is 12.4 Å². The first-order valence-electron chi connectivity index (χ1n) is 6.91. The van der Waals surface area contributed by atoms with E-state index in [-0.39, 0.29) is 28.8 Å². The molecule has 1 aliphatic heterocycles. The predicted molar refractivity (Wildman–Crippen MR) is 91.1 cm³/mol. The summed E-state index contributed by atoms with van der Waals surface area (Å²) in [5.41, 5.74) is 0.702. The molecule has 0 aliphatic carbocycles. The number of hydrogen-bond donors (Lipinski definition) is 4. The normalized spacial score (nSPS) is 14.0. The van der Waals surface area contributed by atoms with Crippen LogP contribution >= 0.6 is 12.4 Å². The fourth-order valence-electron chi connectivity index (χ4n) is 1.94. The maximum absolute atomic E-state index is 12.1. The summed E-state index contributed by atoms with van der Waals surface area (Å²) in [7, 11) is -3.63. The molecular formula is C14H19ClN4O3S. The van der Waals surface area contributed by atoms with Gasteiger partial charge in [0.1, 0.15) is 0 Å². The number of carbonyl (C=O) groups is 1. The number of hydrogen-bond acceptors (Lipinski definition) is 4. The first kappa shape index (κ1) is 19.0. The molecule has 0 spiro atoms. The van der Waals surface area contributed by atoms with E-state index in [9.17, 15) is 13.2 Å². The van der Waals surface area contributed by atoms with Crippen molar-refractivity contribution < 1.29 is 13.2 Å². The molecule has 1 aliphatic rings. The van der Waals surface area contributed by atoms with E-state index in [0.717, 1.165) is 12.8 Å². The summed E-state index contributed by atoms with van der Waals surface area (Å²) < 4.78 is 26.1. The van der Waals surface area contributed by atoms with Crippen molar-refractivity contribution in [3.63, 3.8) is 0 Å². The quantitative estimate of drug-likeness (QED) is 0.370. The summed E-state index contributed by atoms with van der Waals surface area (Å²) in [4.78, 5) is 12.1. The minimum absolute atomic E-state index is 0. The van der Waals surface area contributed by atoms with Gasteiger partial charge in [0.2, 0.25) is 0 Å². The van der Waals surface area contributed by atoms with Gasteiger partial charge < -0.3 is 5.32 Å². The highest BCUT2D eigenvalue weighted by Crippen LogP contribution is 2.22. The molecule has 23 heavy (non-hydrogen) atoms. The Bertz CT molecular complexity index is 732. The Kier molecular flexibility index (Phi) is 6.59. The van der Waals surface area contributed by atoms with Gasteiger partial charge in [-0.05, 0) is 30.2 Å². The first-order chi connectivity index (χ1) is 10.4. The molecule has 1 aromatic rings. The molecule has 1 heterocycles. The van der Waals surface area contributed by atoms with Gasteiger partial charge in [-0.1, -0.05) is 19.4 Å². The van der Waals surface area contributed by atoms with E-state index < -0.39 is 15.9 Å². The molecule has 2 rings (SSSR count). The van der Waals surface area contributed by atoms with Crippen LogP contribution in [-0.2, 0) is 10.0 Å². The molecule has 0 atom stereocenters. The van der Waals surface area contributed by atoms with Crippen LogP contribution in [0.15, 0.2) is 29.3 Å². The van der Waals surface area contributed by atoms with Crippen molar-refractivity contribution in [3.8, 4) is 0 Å². The summed E-state index contributed by atoms with van der Waals surface area (Å²) in [6.07, 6.45) is 4.84. The summed E-state index contributed by atoms with van der Waals surface area (Å²) in [5, 5.41) is 12.8. The van der Waals surface area contributed by atoms with E-state index in [1.165, 1.54) is 18.3 Å². The van der Waals surface area contributed by atoms with Crippen molar-refractivity contribution >= 4 is 40.4 Å². The van der Waals surface area contributed by atoms with Gasteiger partial charge in [0, 0.05) is 18.3 Å². The monoisotopic (exact) mass is 358 g/mol. The Balaban J connectivity index is 0.00000264. The zero-order valence-electron chi connectivity index (χ0n) is 12.5. The number of guanidine groups is 1. The number of unbranched alkanes of at least 4 members (excludes halogenated alkanes) is 1. The molecule has 126 valence electrons. The lowest BCUT2D eigenvalue weighted by Gasteiger charge is -2.14. The van der Waals surface area contributed by atoms with Gasteiger partial charge in [-0.2, -0.15) is 0 Å². The lowest BCUT2D eigenvalue weighted by Crippen LogP contribution is -2.40. The van der Waals surface area contributed by atoms with E-state index in [1.54, 1.807) is 12.1 Å². The smallest absolute Gasteiger partial charge is 0.262 e. The molecule has 0 radical (unpaired) electrons. The molecule has 9 heteroatoms. The van der Waals surface area contributed by atoms with Crippen LogP contribution in [0.3, 0.4) is 0 Å². The summed E-state index contributed by atoms with van der Waals surface area (Å²) >= 11 is 0. The van der Waals surface area contributed by atoms with E-state index in [1.807, 2.05) is 6.92 Å². The number of halogens is 1. The van der Waals surface area contributed by atoms with E-state index in [4.69, 9.17) is 5.41 Å². The molecule has 0 bridgehead atoms. The average molecular weight is 359 g/mol. The second-order valence-corrected chi connectivity index (χ2v) is 6.50. The molecule has 1 aromatic carbocycles. The lowest BCUT2D eigenvalue weighted by molar-refractivity contribution is 0.0975. The number of sulfonamides is 1. The predicted octanol–water partition coefficient (Wildman–Crippen LogP) is 1.43. The zero-order valence-corrected chi connectivity index (χ0v) is 14.2. The van der Waals surface area contributed by atoms with Crippen LogP contribution in [0, 0.1) is 5.41 Å². The molecule has 1 amide bonds. The number of carbonyl (C=O) groups excluding carboxylic acids is 1. The van der Waals surface area contributed by atoms with Gasteiger partial charge in [-0.25, -0.2) is 8.42 Å². The summed E-state index contributed by atoms with van der Waals surface area (Å²) in [6, 6.07) is 4.39. The van der Waals surface area contributed by atoms with E-state index in [2.05, 4.69) is 15.4 Å². The van der Waals surface area contributed by atoms with Crippen LogP contribution < -0.4 is 15.4 Å². The van der Waals surface area contributed by atoms with Crippen LogP contribution in [-0.4, -0.2) is 26.8 Å². The number of nitrogens with one attached hydrogen (secondary N) is 4. The Morgan fingerprint density at radius 1 is 1.35 bits per heavy atom. The molecule has 0 unspecified atom stereocenters. The van der Waals surface area contributed by atoms with Crippen molar-refractivity contribution in [2.45, 2.75) is 24.7 Å². The van der Waals surface area contributed by atoms with Crippen molar-refractivity contribution in [2.24, 2.45) is 0 Å². The summed E-state index contributed by atoms with van der Waals surface area (Å²) in [5.74, 6) is -0.626. The molecule has 7 nitrogen and oxygen atoms in total. The molecular weight excluding hydrogens is 340 g/mol. The van der Waals surface area contributed by atoms with Crippen LogP contribution in [0.5, 0.6) is 0 Å². The highest BCUT2D eigenvalue weighted by atomic mass is 35.5. The Morgan fingerprint density at radius 3 is 2.78 bits per heavy atom. The van der Waals surface area contributed by atoms with Crippen molar-refractivity contribution in [3.05, 3.63) is 35.5 Å². The maximum atomic E-state index is 12.1. The molecule has 0 aromatic heterocycles. The van der Waals surface area contributed by atoms with Crippen LogP contribution in [0.4, 0.5) is 0 Å². The SMILES string of the molecule is CCCCNC(=N)NC(=O)c1ccc2c(c1)S(=O)(=O)NC=C2.Cl. The van der Waals surface area contributed by atoms with Gasteiger partial charge in [0.05, 0.1) is 4.90 Å². The topological polar surface area (TPSA) is 111 Å².